The van der Waals surface area contributed by atoms with E-state index >= 15 is 0 Å². The average Bonchev–Trinajstić information content (AvgIpc) is 2.38. The van der Waals surface area contributed by atoms with Crippen molar-refractivity contribution in [2.24, 2.45) is 5.73 Å². The smallest absolute Gasteiger partial charge is 0.161 e. The van der Waals surface area contributed by atoms with Crippen molar-refractivity contribution in [3.8, 4) is 11.5 Å². The number of nitrogens with zero attached hydrogens (tertiary/aromatic N) is 1. The summed E-state index contributed by atoms with van der Waals surface area (Å²) < 4.78 is 5.53. The largest absolute Gasteiger partial charge is 0.504 e. The highest BCUT2D eigenvalue weighted by Crippen LogP contribution is 2.25. The maximum absolute atomic E-state index is 9.55. The lowest BCUT2D eigenvalue weighted by Gasteiger charge is -2.10. The van der Waals surface area contributed by atoms with E-state index in [0.717, 1.165) is 11.1 Å². The lowest BCUT2D eigenvalue weighted by molar-refractivity contribution is 0.288. The van der Waals surface area contributed by atoms with E-state index in [9.17, 15) is 5.11 Å². The molecule has 88 valence electrons. The molecule has 0 saturated carbocycles. The zero-order chi connectivity index (χ0) is 12.1. The van der Waals surface area contributed by atoms with Crippen LogP contribution in [0.1, 0.15) is 11.1 Å². The van der Waals surface area contributed by atoms with Crippen LogP contribution in [0.2, 0.25) is 0 Å². The fraction of sp³-hybridized carbons (Fsp3) is 0.154. The molecule has 2 rings (SSSR count). The summed E-state index contributed by atoms with van der Waals surface area (Å²) >= 11 is 0. The number of para-hydroxylation sites is 2. The molecule has 4 nitrogen and oxygen atoms in total. The summed E-state index contributed by atoms with van der Waals surface area (Å²) in [6, 6.07) is 8.73. The number of nitrogens with two attached hydrogens (primary N) is 1. The van der Waals surface area contributed by atoms with Crippen molar-refractivity contribution in [2.45, 2.75) is 13.2 Å². The highest BCUT2D eigenvalue weighted by molar-refractivity contribution is 5.38. The first-order valence-electron chi connectivity index (χ1n) is 5.34. The van der Waals surface area contributed by atoms with Crippen molar-refractivity contribution in [1.82, 2.24) is 4.98 Å². The number of aromatic nitrogens is 1. The normalized spacial score (nSPS) is 10.2. The van der Waals surface area contributed by atoms with Crippen LogP contribution in [0, 0.1) is 0 Å². The highest BCUT2D eigenvalue weighted by Gasteiger charge is 2.04. The maximum Gasteiger partial charge on any atom is 0.161 e. The number of phenols is 1. The quantitative estimate of drug-likeness (QED) is 0.840. The first kappa shape index (κ1) is 11.4. The lowest BCUT2D eigenvalue weighted by Crippen LogP contribution is -2.05. The van der Waals surface area contributed by atoms with Gasteiger partial charge in [0.15, 0.2) is 11.5 Å². The van der Waals surface area contributed by atoms with E-state index in [1.165, 1.54) is 0 Å². The molecule has 0 fully saturated rings. The molecule has 2 aromatic rings. The molecule has 17 heavy (non-hydrogen) atoms. The average molecular weight is 230 g/mol. The Labute approximate surface area is 99.7 Å². The minimum absolute atomic E-state index is 0.135. The van der Waals surface area contributed by atoms with Gasteiger partial charge in [0.2, 0.25) is 0 Å². The summed E-state index contributed by atoms with van der Waals surface area (Å²) in [6.45, 7) is 0.792. The first-order chi connectivity index (χ1) is 8.31. The van der Waals surface area contributed by atoms with Gasteiger partial charge in [-0.1, -0.05) is 12.1 Å². The van der Waals surface area contributed by atoms with E-state index in [0.29, 0.717) is 18.9 Å². The van der Waals surface area contributed by atoms with E-state index in [1.807, 2.05) is 12.1 Å². The summed E-state index contributed by atoms with van der Waals surface area (Å²) in [5.74, 6) is 0.600. The Morgan fingerprint density at radius 1 is 1.18 bits per heavy atom. The summed E-state index contributed by atoms with van der Waals surface area (Å²) in [5.41, 5.74) is 7.53. The molecule has 0 saturated heterocycles. The number of hydrogen-bond donors (Lipinski definition) is 2. The number of pyridine rings is 1. The Hall–Kier alpha value is -2.07. The molecule has 3 N–H and O–H groups in total. The second kappa shape index (κ2) is 5.32. The molecule has 1 aromatic heterocycles. The zero-order valence-electron chi connectivity index (χ0n) is 9.34. The van der Waals surface area contributed by atoms with Crippen molar-refractivity contribution in [3.05, 3.63) is 53.9 Å². The molecule has 1 heterocycles. The van der Waals surface area contributed by atoms with Gasteiger partial charge in [-0.05, 0) is 29.3 Å². The van der Waals surface area contributed by atoms with Crippen LogP contribution in [0.4, 0.5) is 0 Å². The standard InChI is InChI=1S/C13H14N2O2/c14-7-11-8-15-6-5-10(11)9-17-13-4-2-1-3-12(13)16/h1-6,8,16H,7,9,14H2. The van der Waals surface area contributed by atoms with Gasteiger partial charge in [0.05, 0.1) is 0 Å². The maximum atomic E-state index is 9.55. The second-order valence-corrected chi connectivity index (χ2v) is 3.60. The second-order valence-electron chi connectivity index (χ2n) is 3.60. The van der Waals surface area contributed by atoms with Crippen LogP contribution in [0.5, 0.6) is 11.5 Å². The third-order valence-corrected chi connectivity index (χ3v) is 2.47. The number of aromatic hydroxyl groups is 1. The van der Waals surface area contributed by atoms with Crippen LogP contribution < -0.4 is 10.5 Å². The highest BCUT2D eigenvalue weighted by atomic mass is 16.5. The van der Waals surface area contributed by atoms with E-state index in [4.69, 9.17) is 10.5 Å². The Kier molecular flexibility index (Phi) is 3.57. The van der Waals surface area contributed by atoms with Gasteiger partial charge in [-0.2, -0.15) is 0 Å². The fourth-order valence-corrected chi connectivity index (χ4v) is 1.52. The number of rotatable bonds is 4. The fourth-order valence-electron chi connectivity index (χ4n) is 1.52. The zero-order valence-corrected chi connectivity index (χ0v) is 9.34. The van der Waals surface area contributed by atoms with E-state index < -0.39 is 0 Å². The number of benzene rings is 1. The van der Waals surface area contributed by atoms with E-state index in [1.54, 1.807) is 30.6 Å². The summed E-state index contributed by atoms with van der Waals surface area (Å²) in [5, 5.41) is 9.55. The molecular formula is C13H14N2O2. The van der Waals surface area contributed by atoms with Gasteiger partial charge in [-0.15, -0.1) is 0 Å². The monoisotopic (exact) mass is 230 g/mol. The minimum Gasteiger partial charge on any atom is -0.504 e. The van der Waals surface area contributed by atoms with E-state index in [-0.39, 0.29) is 5.75 Å². The summed E-state index contributed by atoms with van der Waals surface area (Å²) in [7, 11) is 0. The predicted molar refractivity (Wildman–Crippen MR) is 64.6 cm³/mol. The molecule has 0 atom stereocenters. The molecular weight excluding hydrogens is 216 g/mol. The van der Waals surface area contributed by atoms with Gasteiger partial charge in [-0.25, -0.2) is 0 Å². The van der Waals surface area contributed by atoms with Crippen LogP contribution in [0.15, 0.2) is 42.7 Å². The Balaban J connectivity index is 2.10. The van der Waals surface area contributed by atoms with Gasteiger partial charge in [-0.3, -0.25) is 4.98 Å². The molecule has 0 aliphatic heterocycles. The molecule has 0 aliphatic rings. The minimum atomic E-state index is 0.135. The molecule has 4 heteroatoms. The van der Waals surface area contributed by atoms with Crippen LogP contribution >= 0.6 is 0 Å². The molecule has 0 amide bonds. The van der Waals surface area contributed by atoms with Crippen molar-refractivity contribution < 1.29 is 9.84 Å². The Bertz CT molecular complexity index is 500. The first-order valence-corrected chi connectivity index (χ1v) is 5.34. The van der Waals surface area contributed by atoms with Crippen molar-refractivity contribution in [1.29, 1.82) is 0 Å². The molecule has 0 aliphatic carbocycles. The molecule has 0 unspecified atom stereocenters. The van der Waals surface area contributed by atoms with Gasteiger partial charge >= 0.3 is 0 Å². The third kappa shape index (κ3) is 2.73. The van der Waals surface area contributed by atoms with Crippen LogP contribution in [0.25, 0.3) is 0 Å². The lowest BCUT2D eigenvalue weighted by atomic mass is 10.1. The number of hydrogen-bond acceptors (Lipinski definition) is 4. The van der Waals surface area contributed by atoms with Crippen LogP contribution in [-0.4, -0.2) is 10.1 Å². The van der Waals surface area contributed by atoms with Gasteiger partial charge in [0, 0.05) is 18.9 Å². The van der Waals surface area contributed by atoms with Crippen LogP contribution in [-0.2, 0) is 13.2 Å². The number of phenolic OH excluding ortho intramolecular Hbond substituents is 1. The van der Waals surface area contributed by atoms with Gasteiger partial charge in [0.25, 0.3) is 0 Å². The predicted octanol–water partition coefficient (Wildman–Crippen LogP) is 1.82. The Morgan fingerprint density at radius 2 is 2.00 bits per heavy atom. The number of ether oxygens (including phenoxy) is 1. The molecule has 0 spiro atoms. The van der Waals surface area contributed by atoms with Crippen molar-refractivity contribution in [2.75, 3.05) is 0 Å². The van der Waals surface area contributed by atoms with Gasteiger partial charge in [0.1, 0.15) is 6.61 Å². The van der Waals surface area contributed by atoms with Crippen molar-refractivity contribution >= 4 is 0 Å². The summed E-state index contributed by atoms with van der Waals surface area (Å²) in [4.78, 5) is 4.00. The Morgan fingerprint density at radius 3 is 2.76 bits per heavy atom. The van der Waals surface area contributed by atoms with E-state index in [2.05, 4.69) is 4.98 Å². The third-order valence-electron chi connectivity index (χ3n) is 2.47. The molecule has 0 radical (unpaired) electrons. The topological polar surface area (TPSA) is 68.4 Å². The van der Waals surface area contributed by atoms with Crippen LogP contribution in [0.3, 0.4) is 0 Å². The molecule has 1 aromatic carbocycles. The van der Waals surface area contributed by atoms with Gasteiger partial charge < -0.3 is 15.6 Å². The molecule has 0 bridgehead atoms. The van der Waals surface area contributed by atoms with Crippen molar-refractivity contribution in [3.63, 3.8) is 0 Å². The summed E-state index contributed by atoms with van der Waals surface area (Å²) in [6.07, 6.45) is 3.42. The SMILES string of the molecule is NCc1cnccc1COc1ccccc1O.